The zero-order valence-electron chi connectivity index (χ0n) is 21.9. The molecule has 9 atom stereocenters. The number of carbonyl (C=O) groups is 1. The summed E-state index contributed by atoms with van der Waals surface area (Å²) in [6.07, 6.45) is 2.21. The van der Waals surface area contributed by atoms with Gasteiger partial charge in [0, 0.05) is 11.8 Å². The monoisotopic (exact) mass is 541 g/mol. The predicted molar refractivity (Wildman–Crippen MR) is 148 cm³/mol. The average molecular weight is 542 g/mol. The summed E-state index contributed by atoms with van der Waals surface area (Å²) in [6, 6.07) is 17.1. The number of hydrogen-bond donors (Lipinski definition) is 4. The zero-order valence-corrected chi connectivity index (χ0v) is 21.9. The lowest BCUT2D eigenvalue weighted by molar-refractivity contribution is -0.281. The first kappa shape index (κ1) is 25.6. The predicted octanol–water partition coefficient (Wildman–Crippen LogP) is 2.49. The molecule has 1 saturated heterocycles. The molecule has 0 unspecified atom stereocenters. The molecule has 8 heteroatoms. The third-order valence-electron chi connectivity index (χ3n) is 9.14. The summed E-state index contributed by atoms with van der Waals surface area (Å²) in [5, 5.41) is 32.7. The fraction of sp³-hybridized carbons (Fsp3) is 0.344. The van der Waals surface area contributed by atoms with Gasteiger partial charge in [-0.2, -0.15) is 0 Å². The fourth-order valence-corrected chi connectivity index (χ4v) is 7.14. The number of allylic oxidation sites excluding steroid dienone is 2. The van der Waals surface area contributed by atoms with Crippen LogP contribution in [-0.2, 0) is 19.7 Å². The number of hydrogen-bond acceptors (Lipinski definition) is 8. The van der Waals surface area contributed by atoms with E-state index in [-0.39, 0.29) is 17.6 Å². The Morgan fingerprint density at radius 2 is 1.75 bits per heavy atom. The molecule has 5 N–H and O–H groups in total. The molecule has 8 nitrogen and oxygen atoms in total. The van der Waals surface area contributed by atoms with Crippen LogP contribution in [0.3, 0.4) is 0 Å². The van der Waals surface area contributed by atoms with Crippen molar-refractivity contribution in [2.75, 3.05) is 13.7 Å². The number of aliphatic hydroxyl groups is 3. The molecule has 3 aliphatic carbocycles. The number of benzene rings is 3. The van der Waals surface area contributed by atoms with Crippen LogP contribution in [0.2, 0.25) is 0 Å². The summed E-state index contributed by atoms with van der Waals surface area (Å²) in [7, 11) is 1.61. The maximum atomic E-state index is 14.0. The Kier molecular flexibility index (Phi) is 5.98. The van der Waals surface area contributed by atoms with Gasteiger partial charge in [0.1, 0.15) is 24.1 Å². The largest absolute Gasteiger partial charge is 0.497 e. The topological polar surface area (TPSA) is 131 Å². The van der Waals surface area contributed by atoms with Crippen LogP contribution in [0.5, 0.6) is 5.75 Å². The number of methoxy groups -OCH3 is 1. The summed E-state index contributed by atoms with van der Waals surface area (Å²) in [4.78, 5) is 14.0. The number of rotatable bonds is 4. The SMILES string of the molecule is COc1ccc2c(c1)[C@@]1(C=C[C@H]3[C@H](O[C@@H]4O[C@H](CO)[C@@H](O)[C@H](O)[C@H]4N)c4cc5ccccc5cc4[C@H]31)C(=O)C=C2. The summed E-state index contributed by atoms with van der Waals surface area (Å²) in [6.45, 7) is -0.495. The van der Waals surface area contributed by atoms with Crippen molar-refractivity contribution in [2.24, 2.45) is 11.7 Å². The van der Waals surface area contributed by atoms with Gasteiger partial charge in [0.15, 0.2) is 12.1 Å². The molecule has 3 aromatic carbocycles. The molecule has 40 heavy (non-hydrogen) atoms. The van der Waals surface area contributed by atoms with E-state index < -0.39 is 48.8 Å². The Morgan fingerprint density at radius 1 is 1.00 bits per heavy atom. The summed E-state index contributed by atoms with van der Waals surface area (Å²) in [5.74, 6) is 0.145. The highest BCUT2D eigenvalue weighted by molar-refractivity contribution is 6.08. The van der Waals surface area contributed by atoms with Gasteiger partial charge in [0.2, 0.25) is 0 Å². The van der Waals surface area contributed by atoms with E-state index in [2.05, 4.69) is 18.2 Å². The molecule has 1 aliphatic heterocycles. The van der Waals surface area contributed by atoms with Gasteiger partial charge in [0.05, 0.1) is 31.3 Å². The van der Waals surface area contributed by atoms with Crippen molar-refractivity contribution < 1.29 is 34.3 Å². The van der Waals surface area contributed by atoms with E-state index >= 15 is 0 Å². The van der Waals surface area contributed by atoms with Crippen molar-refractivity contribution in [2.45, 2.75) is 48.1 Å². The second kappa shape index (κ2) is 9.34. The Bertz CT molecular complexity index is 1560. The maximum absolute atomic E-state index is 14.0. The second-order valence-electron chi connectivity index (χ2n) is 11.1. The Morgan fingerprint density at radius 3 is 2.48 bits per heavy atom. The molecule has 3 aromatic rings. The molecule has 0 radical (unpaired) electrons. The number of nitrogens with two attached hydrogens (primary N) is 1. The van der Waals surface area contributed by atoms with Crippen molar-refractivity contribution in [1.82, 2.24) is 0 Å². The quantitative estimate of drug-likeness (QED) is 0.371. The van der Waals surface area contributed by atoms with E-state index in [1.165, 1.54) is 0 Å². The molecule has 7 rings (SSSR count). The molecule has 1 heterocycles. The van der Waals surface area contributed by atoms with Crippen LogP contribution >= 0.6 is 0 Å². The van der Waals surface area contributed by atoms with Crippen molar-refractivity contribution in [3.05, 3.63) is 95.1 Å². The summed E-state index contributed by atoms with van der Waals surface area (Å²) < 4.78 is 18.0. The van der Waals surface area contributed by atoms with Crippen LogP contribution < -0.4 is 10.5 Å². The van der Waals surface area contributed by atoms with Gasteiger partial charge in [0.25, 0.3) is 0 Å². The summed E-state index contributed by atoms with van der Waals surface area (Å²) in [5.41, 5.74) is 9.07. The van der Waals surface area contributed by atoms with Gasteiger partial charge in [-0.3, -0.25) is 4.79 Å². The van der Waals surface area contributed by atoms with Gasteiger partial charge in [-0.25, -0.2) is 0 Å². The molecule has 4 aliphatic rings. The molecule has 206 valence electrons. The minimum Gasteiger partial charge on any atom is -0.497 e. The lowest BCUT2D eigenvalue weighted by atomic mass is 9.63. The minimum absolute atomic E-state index is 0.0127. The molecule has 0 bridgehead atoms. The number of carbonyl (C=O) groups excluding carboxylic acids is 1. The Labute approximate surface area is 231 Å². The molecule has 0 saturated carbocycles. The number of fused-ring (bicyclic) bond motifs is 7. The third kappa shape index (κ3) is 3.51. The lowest BCUT2D eigenvalue weighted by Crippen LogP contribution is -2.62. The molecule has 1 spiro atoms. The normalized spacial score (nSPS) is 35.7. The molecule has 1 fully saturated rings. The van der Waals surface area contributed by atoms with Crippen LogP contribution in [0.4, 0.5) is 0 Å². The first-order valence-corrected chi connectivity index (χ1v) is 13.5. The van der Waals surface area contributed by atoms with Gasteiger partial charge in [-0.1, -0.05) is 54.6 Å². The van der Waals surface area contributed by atoms with Gasteiger partial charge < -0.3 is 35.3 Å². The average Bonchev–Trinajstić information content (AvgIpc) is 3.50. The van der Waals surface area contributed by atoms with E-state index in [1.807, 2.05) is 54.6 Å². The Hall–Kier alpha value is -3.37. The molecular formula is C32H31NO7. The second-order valence-corrected chi connectivity index (χ2v) is 11.1. The van der Waals surface area contributed by atoms with E-state index in [0.717, 1.165) is 33.0 Å². The van der Waals surface area contributed by atoms with E-state index in [0.29, 0.717) is 5.75 Å². The van der Waals surface area contributed by atoms with E-state index in [1.54, 1.807) is 13.2 Å². The minimum atomic E-state index is -1.33. The number of ether oxygens (including phenoxy) is 3. The third-order valence-corrected chi connectivity index (χ3v) is 9.14. The first-order valence-electron chi connectivity index (χ1n) is 13.5. The van der Waals surface area contributed by atoms with Crippen LogP contribution in [0.15, 0.2) is 72.8 Å². The molecular weight excluding hydrogens is 510 g/mol. The van der Waals surface area contributed by atoms with Gasteiger partial charge in [-0.15, -0.1) is 0 Å². The van der Waals surface area contributed by atoms with Gasteiger partial charge >= 0.3 is 0 Å². The standard InChI is InChI=1S/C32H31NO7/c1-38-19-8-6-16-7-9-25(35)32(23(16)14-19)11-10-20-26(32)21-12-17-4-2-3-5-18(17)13-22(21)30(20)40-31-27(33)29(37)28(36)24(15-34)39-31/h2-14,20,24,26-31,34,36-37H,15,33H2,1H3/t20-,24-,26+,27-,28-,29-,30+,31+,32+/m1/s1. The molecule has 0 amide bonds. The highest BCUT2D eigenvalue weighted by Crippen LogP contribution is 2.63. The summed E-state index contributed by atoms with van der Waals surface area (Å²) >= 11 is 0. The van der Waals surface area contributed by atoms with Crippen molar-refractivity contribution >= 4 is 22.6 Å². The fourth-order valence-electron chi connectivity index (χ4n) is 7.14. The van der Waals surface area contributed by atoms with Crippen molar-refractivity contribution in [3.8, 4) is 5.75 Å². The Balaban J connectivity index is 1.38. The first-order chi connectivity index (χ1) is 19.4. The zero-order chi connectivity index (χ0) is 27.8. The highest BCUT2D eigenvalue weighted by atomic mass is 16.7. The van der Waals surface area contributed by atoms with E-state index in [9.17, 15) is 20.1 Å². The van der Waals surface area contributed by atoms with Crippen LogP contribution in [0.1, 0.15) is 34.3 Å². The van der Waals surface area contributed by atoms with Crippen LogP contribution in [-0.4, -0.2) is 65.5 Å². The van der Waals surface area contributed by atoms with Crippen LogP contribution in [0.25, 0.3) is 16.8 Å². The van der Waals surface area contributed by atoms with Gasteiger partial charge in [-0.05, 0) is 57.3 Å². The maximum Gasteiger partial charge on any atom is 0.176 e. The smallest absolute Gasteiger partial charge is 0.176 e. The van der Waals surface area contributed by atoms with E-state index in [4.69, 9.17) is 19.9 Å². The lowest BCUT2D eigenvalue weighted by Gasteiger charge is -2.42. The van der Waals surface area contributed by atoms with Crippen molar-refractivity contribution in [1.29, 1.82) is 0 Å². The number of ketones is 1. The number of aliphatic hydroxyl groups excluding tert-OH is 3. The molecule has 0 aromatic heterocycles. The van der Waals surface area contributed by atoms with Crippen molar-refractivity contribution in [3.63, 3.8) is 0 Å². The highest BCUT2D eigenvalue weighted by Gasteiger charge is 2.59. The van der Waals surface area contributed by atoms with Crippen LogP contribution in [0, 0.1) is 5.92 Å².